The Morgan fingerprint density at radius 3 is 1.95 bits per heavy atom. The molecule has 1 atom stereocenters. The Labute approximate surface area is 107 Å². The van der Waals surface area contributed by atoms with E-state index < -0.39 is 47.9 Å². The van der Waals surface area contributed by atoms with Gasteiger partial charge in [-0.05, 0) is 6.42 Å². The van der Waals surface area contributed by atoms with Gasteiger partial charge in [0.2, 0.25) is 0 Å². The highest BCUT2D eigenvalue weighted by molar-refractivity contribution is 8.13. The number of hydrogen-bond acceptors (Lipinski definition) is 2. The third-order valence-corrected chi connectivity index (χ3v) is 2.83. The summed E-state index contributed by atoms with van der Waals surface area (Å²) in [5.41, 5.74) is 0. The highest BCUT2D eigenvalue weighted by Crippen LogP contribution is 2.45. The van der Waals surface area contributed by atoms with E-state index in [9.17, 15) is 39.9 Å². The van der Waals surface area contributed by atoms with Gasteiger partial charge in [-0.3, -0.25) is 4.79 Å². The Kier molecular flexibility index (Phi) is 6.10. The maximum atomic E-state index is 13.0. The molecule has 0 bridgehead atoms. The predicted octanol–water partition coefficient (Wildman–Crippen LogP) is 4.22. The van der Waals surface area contributed by atoms with Gasteiger partial charge < -0.3 is 0 Å². The second-order valence-corrected chi connectivity index (χ2v) is 4.99. The molecule has 19 heavy (non-hydrogen) atoms. The average Bonchev–Trinajstić information content (AvgIpc) is 2.12. The predicted molar refractivity (Wildman–Crippen MR) is 53.2 cm³/mol. The lowest BCUT2D eigenvalue weighted by Gasteiger charge is -2.29. The summed E-state index contributed by atoms with van der Waals surface area (Å²) in [6, 6.07) is 0. The smallest absolute Gasteiger partial charge is 0.288 e. The van der Waals surface area contributed by atoms with Crippen LogP contribution < -0.4 is 0 Å². The lowest BCUT2D eigenvalue weighted by molar-refractivity contribution is -0.281. The van der Waals surface area contributed by atoms with Crippen molar-refractivity contribution in [3.63, 3.8) is 0 Å². The van der Waals surface area contributed by atoms with E-state index in [1.807, 2.05) is 0 Å². The van der Waals surface area contributed by atoms with Crippen LogP contribution in [0.1, 0.15) is 19.8 Å². The third-order valence-electron chi connectivity index (χ3n) is 1.98. The molecule has 0 saturated heterocycles. The van der Waals surface area contributed by atoms with Gasteiger partial charge >= 0.3 is 18.0 Å². The molecule has 0 aliphatic heterocycles. The van der Waals surface area contributed by atoms with Crippen molar-refractivity contribution < 1.29 is 39.9 Å². The van der Waals surface area contributed by atoms with Gasteiger partial charge in [0.15, 0.2) is 11.3 Å². The molecule has 0 aromatic heterocycles. The molecule has 0 amide bonds. The van der Waals surface area contributed by atoms with Crippen molar-refractivity contribution in [1.29, 1.82) is 0 Å². The molecule has 1 unspecified atom stereocenters. The van der Waals surface area contributed by atoms with E-state index in [-0.39, 0.29) is 0 Å². The summed E-state index contributed by atoms with van der Waals surface area (Å²) in [6.07, 6.45) is -13.3. The summed E-state index contributed by atoms with van der Waals surface area (Å²) >= 11 is 0.420. The molecule has 0 saturated carbocycles. The van der Waals surface area contributed by atoms with Crippen LogP contribution in [0.2, 0.25) is 0 Å². The molecule has 0 aliphatic rings. The SMILES string of the molecule is CC(=O)SCCC(F)C(F)(F)C(F)(F)CC(F)(F)F. The molecule has 0 fully saturated rings. The molecular formula is C9H10F8OS. The van der Waals surface area contributed by atoms with Crippen LogP contribution in [0.15, 0.2) is 0 Å². The average molecular weight is 318 g/mol. The van der Waals surface area contributed by atoms with Crippen molar-refractivity contribution in [3.05, 3.63) is 0 Å². The molecule has 0 N–H and O–H groups in total. The minimum atomic E-state index is -5.54. The summed E-state index contributed by atoms with van der Waals surface area (Å²) in [4.78, 5) is 10.4. The highest BCUT2D eigenvalue weighted by Gasteiger charge is 2.64. The number of rotatable bonds is 6. The maximum Gasteiger partial charge on any atom is 0.395 e. The van der Waals surface area contributed by atoms with Gasteiger partial charge in [0.05, 0.1) is 0 Å². The van der Waals surface area contributed by atoms with Crippen molar-refractivity contribution in [2.75, 3.05) is 5.75 Å². The Morgan fingerprint density at radius 2 is 1.58 bits per heavy atom. The zero-order chi connectivity index (χ0) is 15.5. The summed E-state index contributed by atoms with van der Waals surface area (Å²) < 4.78 is 99.5. The molecule has 114 valence electrons. The summed E-state index contributed by atoms with van der Waals surface area (Å²) in [5.74, 6) is -11.5. The fourth-order valence-electron chi connectivity index (χ4n) is 1.09. The van der Waals surface area contributed by atoms with Crippen LogP contribution in [-0.2, 0) is 4.79 Å². The van der Waals surface area contributed by atoms with E-state index in [4.69, 9.17) is 0 Å². The zero-order valence-electron chi connectivity index (χ0n) is 9.54. The Bertz CT molecular complexity index is 314. The number of hydrogen-bond donors (Lipinski definition) is 0. The van der Waals surface area contributed by atoms with Crippen molar-refractivity contribution in [2.24, 2.45) is 0 Å². The van der Waals surface area contributed by atoms with Gasteiger partial charge in [-0.2, -0.15) is 30.7 Å². The van der Waals surface area contributed by atoms with Crippen LogP contribution >= 0.6 is 11.8 Å². The van der Waals surface area contributed by atoms with Crippen LogP contribution in [0.3, 0.4) is 0 Å². The first-order valence-corrected chi connectivity index (χ1v) is 5.88. The minimum absolute atomic E-state index is 0.420. The van der Waals surface area contributed by atoms with E-state index in [0.29, 0.717) is 11.8 Å². The van der Waals surface area contributed by atoms with Crippen molar-refractivity contribution in [1.82, 2.24) is 0 Å². The van der Waals surface area contributed by atoms with Crippen LogP contribution in [0, 0.1) is 0 Å². The van der Waals surface area contributed by atoms with Gasteiger partial charge in [-0.15, -0.1) is 0 Å². The number of carbonyl (C=O) groups is 1. The second kappa shape index (κ2) is 6.27. The lowest BCUT2D eigenvalue weighted by atomic mass is 10.0. The van der Waals surface area contributed by atoms with Crippen molar-refractivity contribution in [3.8, 4) is 0 Å². The zero-order valence-corrected chi connectivity index (χ0v) is 10.4. The number of halogens is 8. The fourth-order valence-corrected chi connectivity index (χ4v) is 1.70. The van der Waals surface area contributed by atoms with Gasteiger partial charge in [0.1, 0.15) is 6.42 Å². The molecule has 0 radical (unpaired) electrons. The molecule has 10 heteroatoms. The Balaban J connectivity index is 4.69. The molecule has 0 aromatic carbocycles. The van der Waals surface area contributed by atoms with Gasteiger partial charge in [-0.25, -0.2) is 4.39 Å². The minimum Gasteiger partial charge on any atom is -0.288 e. The van der Waals surface area contributed by atoms with E-state index in [0.717, 1.165) is 6.92 Å². The molecule has 0 spiro atoms. The first kappa shape index (κ1) is 18.5. The topological polar surface area (TPSA) is 17.1 Å². The largest absolute Gasteiger partial charge is 0.395 e. The van der Waals surface area contributed by atoms with Crippen LogP contribution in [0.5, 0.6) is 0 Å². The molecular weight excluding hydrogens is 308 g/mol. The van der Waals surface area contributed by atoms with Crippen LogP contribution in [0.4, 0.5) is 35.1 Å². The fraction of sp³-hybridized carbons (Fsp3) is 0.889. The van der Waals surface area contributed by atoms with Crippen molar-refractivity contribution >= 4 is 16.9 Å². The van der Waals surface area contributed by atoms with E-state index in [1.54, 1.807) is 0 Å². The maximum absolute atomic E-state index is 13.0. The quantitative estimate of drug-likeness (QED) is 0.682. The Hall–Kier alpha value is -0.540. The molecule has 1 nitrogen and oxygen atoms in total. The lowest BCUT2D eigenvalue weighted by Crippen LogP contribution is -2.50. The first-order chi connectivity index (χ1) is 8.29. The molecule has 0 aromatic rings. The van der Waals surface area contributed by atoms with E-state index in [1.165, 1.54) is 0 Å². The number of alkyl halides is 8. The monoisotopic (exact) mass is 318 g/mol. The van der Waals surface area contributed by atoms with Gasteiger partial charge in [0.25, 0.3) is 0 Å². The van der Waals surface area contributed by atoms with Gasteiger partial charge in [0, 0.05) is 12.7 Å². The highest BCUT2D eigenvalue weighted by atomic mass is 32.2. The molecule has 0 rings (SSSR count). The second-order valence-electron chi connectivity index (χ2n) is 3.72. The van der Waals surface area contributed by atoms with Crippen LogP contribution in [0.25, 0.3) is 0 Å². The summed E-state index contributed by atoms with van der Waals surface area (Å²) in [5, 5.41) is -0.544. The molecule has 0 heterocycles. The van der Waals surface area contributed by atoms with Crippen LogP contribution in [-0.4, -0.2) is 35.1 Å². The standard InChI is InChI=1S/C9H10F8OS/c1-5(18)19-3-2-6(10)9(16,17)7(11,12)4-8(13,14)15/h6H,2-4H2,1H3. The first-order valence-electron chi connectivity index (χ1n) is 4.89. The number of carbonyl (C=O) groups excluding carboxylic acids is 1. The van der Waals surface area contributed by atoms with E-state index in [2.05, 4.69) is 0 Å². The molecule has 0 aliphatic carbocycles. The van der Waals surface area contributed by atoms with Crippen molar-refractivity contribution in [2.45, 2.75) is 44.0 Å². The van der Waals surface area contributed by atoms with Gasteiger partial charge in [-0.1, -0.05) is 11.8 Å². The summed E-state index contributed by atoms with van der Waals surface area (Å²) in [6.45, 7) is 1.05. The van der Waals surface area contributed by atoms with E-state index >= 15 is 0 Å². The third kappa shape index (κ3) is 5.96. The number of thioether (sulfide) groups is 1. The Morgan fingerprint density at radius 1 is 1.11 bits per heavy atom. The normalized spacial score (nSPS) is 15.4. The summed E-state index contributed by atoms with van der Waals surface area (Å²) in [7, 11) is 0.